The molecule has 0 aliphatic carbocycles. The molecule has 0 bridgehead atoms. The third-order valence-electron chi connectivity index (χ3n) is 7.05. The van der Waals surface area contributed by atoms with Crippen molar-refractivity contribution in [1.29, 1.82) is 0 Å². The first-order chi connectivity index (χ1) is 20.9. The number of rotatable bonds is 2. The quantitative estimate of drug-likeness (QED) is 0.136. The van der Waals surface area contributed by atoms with Gasteiger partial charge in [-0.3, -0.25) is 0 Å². The SMILES string of the molecule is FC(F)(F)c1cc(C(F)(F)F)c(C(F)(F)F)c(C(F)(F)F)c1-c1nnc(-c2cc3ccccc3s2)c2cc3ccccc3cc12. The summed E-state index contributed by atoms with van der Waals surface area (Å²) in [5, 5.41) is 8.34. The number of aromatic nitrogens is 2. The average molecular weight is 660 g/mol. The largest absolute Gasteiger partial charge is 0.417 e. The predicted molar refractivity (Wildman–Crippen MR) is 143 cm³/mol. The van der Waals surface area contributed by atoms with E-state index in [1.54, 1.807) is 42.5 Å². The van der Waals surface area contributed by atoms with Crippen molar-refractivity contribution < 1.29 is 52.7 Å². The lowest BCUT2D eigenvalue weighted by molar-refractivity contribution is -0.175. The van der Waals surface area contributed by atoms with Crippen LogP contribution in [-0.2, 0) is 24.7 Å². The van der Waals surface area contributed by atoms with Gasteiger partial charge in [0.25, 0.3) is 0 Å². The van der Waals surface area contributed by atoms with E-state index in [1.165, 1.54) is 18.2 Å². The molecule has 0 saturated heterocycles. The fraction of sp³-hybridized carbons (Fsp3) is 0.133. The van der Waals surface area contributed by atoms with Gasteiger partial charge in [0.15, 0.2) is 0 Å². The van der Waals surface area contributed by atoms with Crippen molar-refractivity contribution >= 4 is 43.0 Å². The molecule has 0 atom stereocenters. The third-order valence-corrected chi connectivity index (χ3v) is 8.17. The Morgan fingerprint density at radius 1 is 0.467 bits per heavy atom. The molecule has 2 nitrogen and oxygen atoms in total. The molecule has 0 aliphatic rings. The molecule has 4 aromatic carbocycles. The number of hydrogen-bond acceptors (Lipinski definition) is 3. The summed E-state index contributed by atoms with van der Waals surface area (Å²) in [6, 6.07) is 16.2. The Bertz CT molecular complexity index is 2090. The van der Waals surface area contributed by atoms with Crippen molar-refractivity contribution in [3.05, 3.63) is 95.1 Å². The summed E-state index contributed by atoms with van der Waals surface area (Å²) in [5.74, 6) is 0. The fourth-order valence-electron chi connectivity index (χ4n) is 5.26. The van der Waals surface area contributed by atoms with E-state index in [-0.39, 0.29) is 16.5 Å². The van der Waals surface area contributed by atoms with E-state index in [2.05, 4.69) is 10.2 Å². The van der Waals surface area contributed by atoms with Gasteiger partial charge in [-0.2, -0.15) is 52.7 Å². The van der Waals surface area contributed by atoms with Crippen molar-refractivity contribution in [1.82, 2.24) is 10.2 Å². The lowest BCUT2D eigenvalue weighted by atomic mass is 9.86. The van der Waals surface area contributed by atoms with Crippen molar-refractivity contribution in [2.24, 2.45) is 0 Å². The van der Waals surface area contributed by atoms with Gasteiger partial charge in [0, 0.05) is 21.0 Å². The van der Waals surface area contributed by atoms with Crippen LogP contribution in [-0.4, -0.2) is 10.2 Å². The molecular formula is C30H12F12N2S. The standard InChI is InChI=1S/C30H12F12N2S/c31-27(32,33)18-12-19(28(34,35)36)23(29(37,38)39)24(30(40,41)42)22(18)26-17-10-14-6-2-1-5-13(14)9-16(17)25(43-44-26)21-11-15-7-3-4-8-20(15)45-21/h1-12H. The highest BCUT2D eigenvalue weighted by molar-refractivity contribution is 7.22. The zero-order chi connectivity index (χ0) is 32.7. The Morgan fingerprint density at radius 3 is 1.47 bits per heavy atom. The molecule has 6 aromatic rings. The van der Waals surface area contributed by atoms with Gasteiger partial charge in [-0.15, -0.1) is 21.5 Å². The minimum Gasteiger partial charge on any atom is -0.166 e. The molecule has 232 valence electrons. The van der Waals surface area contributed by atoms with Crippen LogP contribution in [0.25, 0.3) is 53.5 Å². The predicted octanol–water partition coefficient (Wildman–Crippen LogP) is 11.4. The molecule has 0 aliphatic heterocycles. The Hall–Kier alpha value is -4.40. The van der Waals surface area contributed by atoms with Crippen molar-refractivity contribution in [3.8, 4) is 21.8 Å². The summed E-state index contributed by atoms with van der Waals surface area (Å²) in [7, 11) is 0. The van der Waals surface area contributed by atoms with Crippen LogP contribution in [0.3, 0.4) is 0 Å². The van der Waals surface area contributed by atoms with E-state index in [4.69, 9.17) is 0 Å². The third kappa shape index (κ3) is 5.32. The Morgan fingerprint density at radius 2 is 0.956 bits per heavy atom. The maximum Gasteiger partial charge on any atom is 0.417 e. The highest BCUT2D eigenvalue weighted by Gasteiger charge is 2.54. The van der Waals surface area contributed by atoms with Crippen molar-refractivity contribution in [2.75, 3.05) is 0 Å². The van der Waals surface area contributed by atoms with Crippen LogP contribution in [0.2, 0.25) is 0 Å². The van der Waals surface area contributed by atoms with Gasteiger partial charge in [0.05, 0.1) is 27.1 Å². The first-order valence-corrected chi connectivity index (χ1v) is 13.4. The number of benzene rings is 4. The summed E-state index contributed by atoms with van der Waals surface area (Å²) in [5.41, 5.74) is -15.8. The number of nitrogens with zero attached hydrogens (tertiary/aromatic N) is 2. The molecule has 0 fully saturated rings. The monoisotopic (exact) mass is 660 g/mol. The number of hydrogen-bond donors (Lipinski definition) is 0. The normalized spacial score (nSPS) is 13.3. The van der Waals surface area contributed by atoms with Gasteiger partial charge in [-0.05, 0) is 46.5 Å². The van der Waals surface area contributed by atoms with Gasteiger partial charge in [0.1, 0.15) is 11.4 Å². The summed E-state index contributed by atoms with van der Waals surface area (Å²) in [4.78, 5) is 0.381. The van der Waals surface area contributed by atoms with E-state index in [0.29, 0.717) is 15.6 Å². The highest BCUT2D eigenvalue weighted by atomic mass is 32.1. The lowest BCUT2D eigenvalue weighted by Gasteiger charge is -2.26. The van der Waals surface area contributed by atoms with Crippen molar-refractivity contribution in [2.45, 2.75) is 24.7 Å². The Labute approximate surface area is 247 Å². The maximum absolute atomic E-state index is 14.5. The zero-order valence-corrected chi connectivity index (χ0v) is 22.6. The van der Waals surface area contributed by atoms with Crippen LogP contribution >= 0.6 is 11.3 Å². The first-order valence-electron chi connectivity index (χ1n) is 12.5. The number of fused-ring (bicyclic) bond motifs is 3. The van der Waals surface area contributed by atoms with Crippen molar-refractivity contribution in [3.63, 3.8) is 0 Å². The van der Waals surface area contributed by atoms with E-state index in [9.17, 15) is 52.7 Å². The van der Waals surface area contributed by atoms with Gasteiger partial charge >= 0.3 is 24.7 Å². The first kappa shape index (κ1) is 30.6. The molecule has 2 aromatic heterocycles. The summed E-state index contributed by atoms with van der Waals surface area (Å²) < 4.78 is 171. The second-order valence-corrected chi connectivity index (χ2v) is 11.0. The molecule has 0 radical (unpaired) electrons. The van der Waals surface area contributed by atoms with Gasteiger partial charge < -0.3 is 0 Å². The van der Waals surface area contributed by atoms with Crippen LogP contribution in [0.1, 0.15) is 22.3 Å². The maximum atomic E-state index is 14.5. The number of halogens is 12. The van der Waals surface area contributed by atoms with Gasteiger partial charge in [-0.1, -0.05) is 42.5 Å². The molecule has 6 rings (SSSR count). The molecule has 0 saturated carbocycles. The lowest BCUT2D eigenvalue weighted by Crippen LogP contribution is -2.27. The van der Waals surface area contributed by atoms with E-state index in [0.717, 1.165) is 22.1 Å². The van der Waals surface area contributed by atoms with E-state index < -0.39 is 69.7 Å². The van der Waals surface area contributed by atoms with Crippen LogP contribution in [0.4, 0.5) is 52.7 Å². The second kappa shape index (κ2) is 10.1. The molecule has 0 amide bonds. The Kier molecular flexibility index (Phi) is 6.84. The van der Waals surface area contributed by atoms with Crippen LogP contribution in [0, 0.1) is 0 Å². The molecule has 45 heavy (non-hydrogen) atoms. The molecule has 15 heteroatoms. The van der Waals surface area contributed by atoms with Gasteiger partial charge in [0.2, 0.25) is 0 Å². The highest BCUT2D eigenvalue weighted by Crippen LogP contribution is 2.54. The minimum atomic E-state index is -6.37. The Balaban J connectivity index is 1.83. The summed E-state index contributed by atoms with van der Waals surface area (Å²) in [6.07, 6.45) is -24.9. The van der Waals surface area contributed by atoms with E-state index >= 15 is 0 Å². The smallest absolute Gasteiger partial charge is 0.166 e. The number of alkyl halides is 12. The summed E-state index contributed by atoms with van der Waals surface area (Å²) in [6.45, 7) is 0. The molecule has 0 spiro atoms. The van der Waals surface area contributed by atoms with Crippen LogP contribution in [0.5, 0.6) is 0 Å². The summed E-state index contributed by atoms with van der Waals surface area (Å²) >= 11 is 1.16. The molecular weight excluding hydrogens is 648 g/mol. The fourth-order valence-corrected chi connectivity index (χ4v) is 6.32. The molecule has 2 heterocycles. The van der Waals surface area contributed by atoms with E-state index in [1.807, 2.05) is 0 Å². The number of thiophene rings is 1. The minimum absolute atomic E-state index is 0.00854. The second-order valence-electron chi connectivity index (χ2n) is 9.88. The molecule has 0 unspecified atom stereocenters. The zero-order valence-electron chi connectivity index (χ0n) is 21.8. The van der Waals surface area contributed by atoms with Crippen LogP contribution < -0.4 is 0 Å². The average Bonchev–Trinajstić information content (AvgIpc) is 3.36. The van der Waals surface area contributed by atoms with Crippen LogP contribution in [0.15, 0.2) is 72.8 Å². The topological polar surface area (TPSA) is 25.8 Å². The van der Waals surface area contributed by atoms with Gasteiger partial charge in [-0.25, -0.2) is 0 Å². The molecule has 0 N–H and O–H groups in total.